The topological polar surface area (TPSA) is 44.9 Å². The molecule has 0 aliphatic rings. The average molecular weight is 364 g/mol. The third-order valence-electron chi connectivity index (χ3n) is 3.23. The van der Waals surface area contributed by atoms with Crippen molar-refractivity contribution in [3.63, 3.8) is 0 Å². The second-order valence-corrected chi connectivity index (χ2v) is 5.97. The largest absolute Gasteiger partial charge is 0.361 e. The zero-order chi connectivity index (χ0) is 14.8. The fraction of sp³-hybridized carbons (Fsp3) is 0.0625. The molecule has 0 aliphatic heterocycles. The summed E-state index contributed by atoms with van der Waals surface area (Å²) in [4.78, 5) is 15.3. The summed E-state index contributed by atoms with van der Waals surface area (Å²) in [5, 5.41) is 4.50. The Hall–Kier alpha value is -1.78. The number of amides is 1. The number of fused-ring (bicyclic) bond motifs is 1. The maximum absolute atomic E-state index is 12.1. The highest BCUT2D eigenvalue weighted by Gasteiger charge is 2.09. The van der Waals surface area contributed by atoms with Gasteiger partial charge in [-0.3, -0.25) is 4.79 Å². The fourth-order valence-electron chi connectivity index (χ4n) is 2.23. The molecule has 0 unspecified atom stereocenters. The van der Waals surface area contributed by atoms with Crippen LogP contribution in [0, 0.1) is 0 Å². The molecule has 1 heterocycles. The van der Waals surface area contributed by atoms with E-state index in [1.165, 1.54) is 0 Å². The van der Waals surface area contributed by atoms with Crippen molar-refractivity contribution in [3.8, 4) is 0 Å². The average Bonchev–Trinajstić information content (AvgIpc) is 2.86. The van der Waals surface area contributed by atoms with E-state index in [1.807, 2.05) is 42.6 Å². The van der Waals surface area contributed by atoms with Gasteiger partial charge in [-0.25, -0.2) is 0 Å². The van der Waals surface area contributed by atoms with E-state index in [0.717, 1.165) is 20.9 Å². The Morgan fingerprint density at radius 2 is 2.05 bits per heavy atom. The van der Waals surface area contributed by atoms with E-state index < -0.39 is 0 Å². The van der Waals surface area contributed by atoms with Gasteiger partial charge in [0.2, 0.25) is 5.91 Å². The third kappa shape index (κ3) is 3.12. The van der Waals surface area contributed by atoms with Gasteiger partial charge in [0, 0.05) is 27.3 Å². The van der Waals surface area contributed by atoms with Gasteiger partial charge < -0.3 is 10.3 Å². The van der Waals surface area contributed by atoms with E-state index in [9.17, 15) is 4.79 Å². The highest BCUT2D eigenvalue weighted by molar-refractivity contribution is 9.10. The number of benzene rings is 2. The molecule has 5 heteroatoms. The lowest BCUT2D eigenvalue weighted by Gasteiger charge is -2.06. The lowest BCUT2D eigenvalue weighted by molar-refractivity contribution is -0.115. The van der Waals surface area contributed by atoms with Crippen molar-refractivity contribution < 1.29 is 4.79 Å². The lowest BCUT2D eigenvalue weighted by atomic mass is 10.1. The summed E-state index contributed by atoms with van der Waals surface area (Å²) >= 11 is 9.34. The molecule has 0 spiro atoms. The number of aromatic nitrogens is 1. The first-order valence-corrected chi connectivity index (χ1v) is 7.60. The molecule has 3 aromatic rings. The van der Waals surface area contributed by atoms with E-state index in [-0.39, 0.29) is 5.91 Å². The number of rotatable bonds is 3. The minimum Gasteiger partial charge on any atom is -0.361 e. The molecule has 106 valence electrons. The number of halogens is 2. The number of hydrogen-bond donors (Lipinski definition) is 2. The summed E-state index contributed by atoms with van der Waals surface area (Å²) in [6, 6.07) is 13.3. The number of nitrogens with one attached hydrogen (secondary N) is 2. The smallest absolute Gasteiger partial charge is 0.228 e. The monoisotopic (exact) mass is 362 g/mol. The van der Waals surface area contributed by atoms with Gasteiger partial charge in [0.05, 0.1) is 11.4 Å². The van der Waals surface area contributed by atoms with E-state index in [1.54, 1.807) is 6.07 Å². The molecule has 0 bridgehead atoms. The highest BCUT2D eigenvalue weighted by Crippen LogP contribution is 2.26. The van der Waals surface area contributed by atoms with Crippen LogP contribution < -0.4 is 5.32 Å². The Bertz CT molecular complexity index is 813. The van der Waals surface area contributed by atoms with Crippen molar-refractivity contribution in [1.82, 2.24) is 4.98 Å². The van der Waals surface area contributed by atoms with Gasteiger partial charge >= 0.3 is 0 Å². The van der Waals surface area contributed by atoms with Gasteiger partial charge in [0.15, 0.2) is 0 Å². The van der Waals surface area contributed by atoms with Gasteiger partial charge in [-0.1, -0.05) is 29.8 Å². The molecule has 2 N–H and O–H groups in total. The van der Waals surface area contributed by atoms with Crippen molar-refractivity contribution in [3.05, 3.63) is 63.7 Å². The molecular weight excluding hydrogens is 352 g/mol. The molecule has 0 aliphatic carbocycles. The SMILES string of the molecule is O=C(Cc1c[nH]c2ccccc12)Nc1ccc(Br)c(Cl)c1. The number of aromatic amines is 1. The van der Waals surface area contributed by atoms with E-state index in [2.05, 4.69) is 26.2 Å². The summed E-state index contributed by atoms with van der Waals surface area (Å²) in [5.41, 5.74) is 2.70. The van der Waals surface area contributed by atoms with Gasteiger partial charge in [-0.15, -0.1) is 0 Å². The Morgan fingerprint density at radius 1 is 1.24 bits per heavy atom. The summed E-state index contributed by atoms with van der Waals surface area (Å²) in [6.45, 7) is 0. The first-order valence-electron chi connectivity index (χ1n) is 6.43. The van der Waals surface area contributed by atoms with Crippen LogP contribution in [0.5, 0.6) is 0 Å². The third-order valence-corrected chi connectivity index (χ3v) is 4.46. The van der Waals surface area contributed by atoms with Crippen LogP contribution >= 0.6 is 27.5 Å². The quantitative estimate of drug-likeness (QED) is 0.692. The maximum Gasteiger partial charge on any atom is 0.228 e. The number of carbonyl (C=O) groups excluding carboxylic acids is 1. The van der Waals surface area contributed by atoms with E-state index in [0.29, 0.717) is 17.1 Å². The molecule has 1 amide bonds. The van der Waals surface area contributed by atoms with Gasteiger partial charge in [0.1, 0.15) is 0 Å². The van der Waals surface area contributed by atoms with Crippen LogP contribution in [0.25, 0.3) is 10.9 Å². The van der Waals surface area contributed by atoms with Crippen LogP contribution in [-0.2, 0) is 11.2 Å². The summed E-state index contributed by atoms with van der Waals surface area (Å²) in [6.07, 6.45) is 2.19. The molecule has 2 aromatic carbocycles. The van der Waals surface area contributed by atoms with Crippen LogP contribution in [-0.4, -0.2) is 10.9 Å². The normalized spacial score (nSPS) is 10.8. The minimum absolute atomic E-state index is 0.0712. The number of hydrogen-bond acceptors (Lipinski definition) is 1. The van der Waals surface area contributed by atoms with Crippen LogP contribution in [0.2, 0.25) is 5.02 Å². The summed E-state index contributed by atoms with van der Waals surface area (Å²) in [7, 11) is 0. The van der Waals surface area contributed by atoms with Crippen LogP contribution in [0.15, 0.2) is 53.1 Å². The standard InChI is InChI=1S/C16H12BrClN2O/c17-13-6-5-11(8-14(13)18)20-16(21)7-10-9-19-15-4-2-1-3-12(10)15/h1-6,8-9,19H,7H2,(H,20,21). The predicted molar refractivity (Wildman–Crippen MR) is 89.8 cm³/mol. The zero-order valence-electron chi connectivity index (χ0n) is 11.0. The van der Waals surface area contributed by atoms with Gasteiger partial charge in [-0.2, -0.15) is 0 Å². The molecule has 21 heavy (non-hydrogen) atoms. The number of carbonyl (C=O) groups is 1. The molecule has 3 nitrogen and oxygen atoms in total. The van der Waals surface area contributed by atoms with Crippen molar-refractivity contribution in [2.75, 3.05) is 5.32 Å². The molecule has 1 aromatic heterocycles. The first-order chi connectivity index (χ1) is 10.1. The minimum atomic E-state index is -0.0712. The Morgan fingerprint density at radius 3 is 2.86 bits per heavy atom. The number of anilines is 1. The van der Waals surface area contributed by atoms with Crippen molar-refractivity contribution in [2.45, 2.75) is 6.42 Å². The second kappa shape index (κ2) is 5.92. The predicted octanol–water partition coefficient (Wildman–Crippen LogP) is 4.77. The molecule has 0 saturated carbocycles. The number of H-pyrrole nitrogens is 1. The molecule has 0 fully saturated rings. The molecular formula is C16H12BrClN2O. The summed E-state index contributed by atoms with van der Waals surface area (Å²) < 4.78 is 0.804. The van der Waals surface area contributed by atoms with Gasteiger partial charge in [-0.05, 0) is 45.8 Å². The second-order valence-electron chi connectivity index (χ2n) is 4.71. The molecule has 0 saturated heterocycles. The Kier molecular flexibility index (Phi) is 3.99. The van der Waals surface area contributed by atoms with E-state index in [4.69, 9.17) is 11.6 Å². The van der Waals surface area contributed by atoms with Crippen LogP contribution in [0.4, 0.5) is 5.69 Å². The van der Waals surface area contributed by atoms with Crippen molar-refractivity contribution >= 4 is 50.0 Å². The highest BCUT2D eigenvalue weighted by atomic mass is 79.9. The molecule has 0 radical (unpaired) electrons. The Balaban J connectivity index is 1.75. The lowest BCUT2D eigenvalue weighted by Crippen LogP contribution is -2.14. The zero-order valence-corrected chi connectivity index (χ0v) is 13.3. The van der Waals surface area contributed by atoms with Gasteiger partial charge in [0.25, 0.3) is 0 Å². The van der Waals surface area contributed by atoms with Crippen LogP contribution in [0.1, 0.15) is 5.56 Å². The van der Waals surface area contributed by atoms with E-state index >= 15 is 0 Å². The Labute approximate surface area is 135 Å². The maximum atomic E-state index is 12.1. The van der Waals surface area contributed by atoms with Crippen LogP contribution in [0.3, 0.4) is 0 Å². The number of para-hydroxylation sites is 1. The van der Waals surface area contributed by atoms with Crippen molar-refractivity contribution in [2.24, 2.45) is 0 Å². The summed E-state index contributed by atoms with van der Waals surface area (Å²) in [5.74, 6) is -0.0712. The molecule has 0 atom stereocenters. The molecule has 3 rings (SSSR count). The first kappa shape index (κ1) is 14.2. The van der Waals surface area contributed by atoms with Crippen molar-refractivity contribution in [1.29, 1.82) is 0 Å². The fourth-order valence-corrected chi connectivity index (χ4v) is 2.66.